The molecule has 2 aliphatic heterocycles. The fraction of sp³-hybridized carbons (Fsp3) is 0.366. The number of ether oxygens (including phenoxy) is 10. The molecule has 0 aliphatic carbocycles. The lowest BCUT2D eigenvalue weighted by Gasteiger charge is -2.39. The summed E-state index contributed by atoms with van der Waals surface area (Å²) < 4.78 is 53.5. The molecule has 0 aromatic heterocycles. The minimum absolute atomic E-state index is 0.0923. The molecular formula is C71H87BCl6O18S. The van der Waals surface area contributed by atoms with Gasteiger partial charge in [-0.2, -0.15) is 46.1 Å². The third-order valence-corrected chi connectivity index (χ3v) is 14.4. The van der Waals surface area contributed by atoms with Gasteiger partial charge in [0.1, 0.15) is 62.6 Å². The van der Waals surface area contributed by atoms with Gasteiger partial charge < -0.3 is 72.9 Å². The Balaban J connectivity index is 0.000000432. The number of methoxy groups -OCH3 is 4. The number of hydrogen-bond acceptors (Lipinski definition) is 19. The molecule has 0 atom stereocenters. The molecule has 0 radical (unpaired) electrons. The number of halogens is 6. The molecule has 2 fully saturated rings. The van der Waals surface area contributed by atoms with Crippen molar-refractivity contribution < 1.29 is 87.3 Å². The third-order valence-electron chi connectivity index (χ3n) is 13.3. The number of carbonyl (C=O) groups excluding carboxylic acids is 3. The predicted octanol–water partition coefficient (Wildman–Crippen LogP) is 16.0. The second-order valence-corrected chi connectivity index (χ2v) is 26.7. The van der Waals surface area contributed by atoms with E-state index in [1.54, 1.807) is 121 Å². The second kappa shape index (κ2) is 43.9. The van der Waals surface area contributed by atoms with Crippen LogP contribution in [0.5, 0.6) is 51.7 Å². The summed E-state index contributed by atoms with van der Waals surface area (Å²) in [7, 11) is 6.43. The minimum Gasteiger partial charge on any atom is -0.508 e. The number of rotatable bonds is 18. The maximum absolute atomic E-state index is 12.8. The zero-order valence-corrected chi connectivity index (χ0v) is 61.9. The number of esters is 2. The fourth-order valence-electron chi connectivity index (χ4n) is 7.41. The number of phenolic OH excluding ortho intramolecular Hbond substituents is 3. The van der Waals surface area contributed by atoms with Crippen molar-refractivity contribution in [1.29, 1.82) is 0 Å². The number of phenols is 3. The maximum Gasteiger partial charge on any atom is 0.450 e. The Kier molecular flexibility index (Phi) is 39.3. The van der Waals surface area contributed by atoms with Gasteiger partial charge in [-0.05, 0) is 179 Å². The summed E-state index contributed by atoms with van der Waals surface area (Å²) in [6.45, 7) is 12.1. The molecule has 2 aliphatic rings. The Morgan fingerprint density at radius 1 is 0.474 bits per heavy atom. The summed E-state index contributed by atoms with van der Waals surface area (Å²) >= 11 is 31.7. The SMILES string of the molecule is CC(CO)(CO)C(=O)Oc1cc(O)cc(/C=C/c2ccc(O)cc2)c1.CC1(C)OCC(C)(C(=O)Cl)CO1.COc1ccc(/C=C/c2cc(O)cc(OC)c2)cc1.COc1ccc(/C=C/c2cc(OC)cc(OC(=O)C3(C)COC(C)(C)OC3)c2)cc1.CSC.ClB(Cl)Cl.ClCCCl. The van der Waals surface area contributed by atoms with Crippen LogP contribution in [0.4, 0.5) is 0 Å². The number of alkyl halides is 2. The van der Waals surface area contributed by atoms with E-state index in [0.717, 1.165) is 39.3 Å². The van der Waals surface area contributed by atoms with E-state index >= 15 is 0 Å². The van der Waals surface area contributed by atoms with E-state index in [1.807, 2.05) is 125 Å². The zero-order valence-electron chi connectivity index (χ0n) is 56.5. The van der Waals surface area contributed by atoms with Crippen LogP contribution in [0.1, 0.15) is 81.8 Å². The summed E-state index contributed by atoms with van der Waals surface area (Å²) in [5.74, 6) is 2.25. The van der Waals surface area contributed by atoms with E-state index in [1.165, 1.54) is 19.1 Å². The molecule has 0 spiro atoms. The van der Waals surface area contributed by atoms with Crippen LogP contribution >= 0.6 is 80.9 Å². The van der Waals surface area contributed by atoms with Crippen LogP contribution in [0.3, 0.4) is 0 Å². The van der Waals surface area contributed by atoms with Crippen LogP contribution in [0.25, 0.3) is 36.5 Å². The van der Waals surface area contributed by atoms with Gasteiger partial charge in [-0.25, -0.2) is 0 Å². The van der Waals surface area contributed by atoms with E-state index in [0.29, 0.717) is 47.8 Å². The zero-order chi connectivity index (χ0) is 73.0. The molecule has 0 amide bonds. The van der Waals surface area contributed by atoms with E-state index in [-0.39, 0.29) is 36.2 Å². The number of aromatic hydroxyl groups is 3. The van der Waals surface area contributed by atoms with Crippen LogP contribution in [0.15, 0.2) is 127 Å². The second-order valence-electron chi connectivity index (χ2n) is 22.8. The predicted molar refractivity (Wildman–Crippen MR) is 393 cm³/mol. The normalized spacial score (nSPS) is 14.6. The molecule has 0 saturated carbocycles. The lowest BCUT2D eigenvalue weighted by atomic mass is 9.92. The van der Waals surface area contributed by atoms with Crippen molar-refractivity contribution in [1.82, 2.24) is 0 Å². The first-order valence-electron chi connectivity index (χ1n) is 29.6. The van der Waals surface area contributed by atoms with Gasteiger partial charge in [0.15, 0.2) is 11.6 Å². The molecule has 18 nitrogen and oxygen atoms in total. The van der Waals surface area contributed by atoms with Gasteiger partial charge in [0.05, 0.1) is 73.5 Å². The quantitative estimate of drug-likeness (QED) is 0.0134. The van der Waals surface area contributed by atoms with E-state index < -0.39 is 63.2 Å². The van der Waals surface area contributed by atoms with Gasteiger partial charge in [0, 0.05) is 30.0 Å². The average molecular weight is 1480 g/mol. The molecule has 2 saturated heterocycles. The molecule has 530 valence electrons. The third kappa shape index (κ3) is 33.4. The van der Waals surface area contributed by atoms with Crippen molar-refractivity contribution in [3.05, 3.63) is 161 Å². The van der Waals surface area contributed by atoms with Gasteiger partial charge in [-0.3, -0.25) is 14.4 Å². The van der Waals surface area contributed by atoms with Crippen LogP contribution in [0, 0.1) is 16.2 Å². The highest BCUT2D eigenvalue weighted by atomic mass is 35.6. The first kappa shape index (κ1) is 86.8. The number of benzene rings is 6. The molecule has 97 heavy (non-hydrogen) atoms. The first-order valence-corrected chi connectivity index (χ1v) is 34.0. The molecule has 8 rings (SSSR count). The highest BCUT2D eigenvalue weighted by molar-refractivity contribution is 7.97. The molecule has 5 N–H and O–H groups in total. The van der Waals surface area contributed by atoms with Gasteiger partial charge in [-0.1, -0.05) is 72.9 Å². The number of carbonyl (C=O) groups is 3. The number of hydrogen-bond donors (Lipinski definition) is 5. The Labute approximate surface area is 604 Å². The molecule has 6 aromatic rings. The average Bonchev–Trinajstić information content (AvgIpc) is 0.828. The lowest BCUT2D eigenvalue weighted by Crippen LogP contribution is -2.50. The smallest absolute Gasteiger partial charge is 0.450 e. The molecule has 0 unspecified atom stereocenters. The summed E-state index contributed by atoms with van der Waals surface area (Å²) in [4.78, 5) is 35.0. The topological polar surface area (TPSA) is 245 Å². The van der Waals surface area contributed by atoms with E-state index in [4.69, 9.17) is 117 Å². The van der Waals surface area contributed by atoms with Crippen molar-refractivity contribution in [3.8, 4) is 51.7 Å². The Bertz CT molecular complexity index is 3400. The van der Waals surface area contributed by atoms with Crippen LogP contribution in [-0.4, -0.2) is 152 Å². The monoisotopic (exact) mass is 1480 g/mol. The van der Waals surface area contributed by atoms with E-state index in [9.17, 15) is 39.9 Å². The van der Waals surface area contributed by atoms with E-state index in [2.05, 4.69) is 0 Å². The number of thioether (sulfide) groups is 1. The first-order chi connectivity index (χ1) is 45.7. The molecule has 6 aromatic carbocycles. The fourth-order valence-corrected chi connectivity index (χ4v) is 7.52. The van der Waals surface area contributed by atoms with Gasteiger partial charge in [0.25, 0.3) is 0 Å². The van der Waals surface area contributed by atoms with Crippen LogP contribution in [-0.2, 0) is 33.3 Å². The molecular weight excluding hydrogens is 1400 g/mol. The minimum atomic E-state index is -1.42. The van der Waals surface area contributed by atoms with Crippen molar-refractivity contribution in [2.45, 2.75) is 60.0 Å². The summed E-state index contributed by atoms with van der Waals surface area (Å²) in [6, 6.07) is 36.8. The van der Waals surface area contributed by atoms with Crippen molar-refractivity contribution in [2.75, 3.05) is 92.4 Å². The largest absolute Gasteiger partial charge is 0.508 e. The Morgan fingerprint density at radius 2 is 0.773 bits per heavy atom. The van der Waals surface area contributed by atoms with Crippen LogP contribution < -0.4 is 28.4 Å². The number of aliphatic hydroxyl groups is 2. The van der Waals surface area contributed by atoms with Gasteiger partial charge in [-0.15, -0.1) is 23.2 Å². The maximum atomic E-state index is 12.8. The summed E-state index contributed by atoms with van der Waals surface area (Å²) in [5.41, 5.74) is 2.25. The van der Waals surface area contributed by atoms with Gasteiger partial charge in [0.2, 0.25) is 5.24 Å². The Morgan fingerprint density at radius 3 is 1.11 bits per heavy atom. The van der Waals surface area contributed by atoms with Gasteiger partial charge >= 0.3 is 16.9 Å². The lowest BCUT2D eigenvalue weighted by molar-refractivity contribution is -0.279. The van der Waals surface area contributed by atoms with Crippen molar-refractivity contribution >= 4 is 140 Å². The summed E-state index contributed by atoms with van der Waals surface area (Å²) in [6.07, 6.45) is 15.3. The van der Waals surface area contributed by atoms with Crippen molar-refractivity contribution in [2.24, 2.45) is 16.2 Å². The molecule has 2 heterocycles. The standard InChI is InChI=1S/C24H28O6.C19H20O6.C16H16O3.C8H13ClO3.C2H4Cl2.C2H6S.BCl3/c1-23(2)28-15-24(3,16-29-23)22(25)30-21-13-18(12-20(14-21)27-5)7-6-17-8-10-19(26-4)11-9-17;1-19(11-20,12-21)18(24)25-17-9-14(8-16(23)10-17)3-2-13-4-6-15(22)7-5-13;1-18-15-7-5-12(6-8-15)3-4-13-9-14(17)11-16(10-13)19-2;1-7(2)11-4-8(3,5-12-7)6(9)10;3-1-2-4;1-3-2;2-1(3)4/h6-14H,15-16H2,1-5H3;2-10,20-23H,11-12H2,1H3;3-11,17H,1-2H3;4-5H2,1-3H3;1-2H2;1-2H3;/b7-6+;3-2+;4-3+;;;;. The highest BCUT2D eigenvalue weighted by Gasteiger charge is 2.44. The van der Waals surface area contributed by atoms with Crippen LogP contribution in [0.2, 0.25) is 0 Å². The highest BCUT2D eigenvalue weighted by Crippen LogP contribution is 2.34. The Hall–Kier alpha value is -6.34. The van der Waals surface area contributed by atoms with Crippen molar-refractivity contribution in [3.63, 3.8) is 0 Å². The summed E-state index contributed by atoms with van der Waals surface area (Å²) in [5, 5.41) is 46.7. The molecule has 26 heteroatoms. The number of aliphatic hydroxyl groups excluding tert-OH is 2. The molecule has 0 bridgehead atoms.